The molecule has 2 aromatic rings. The van der Waals surface area contributed by atoms with Gasteiger partial charge in [-0.25, -0.2) is 8.42 Å². The average molecular weight is 429 g/mol. The number of sulfonamides is 1. The van der Waals surface area contributed by atoms with Gasteiger partial charge in [-0.1, -0.05) is 18.2 Å². The summed E-state index contributed by atoms with van der Waals surface area (Å²) in [5.41, 5.74) is 1.52. The molecule has 0 spiro atoms. The van der Waals surface area contributed by atoms with Crippen molar-refractivity contribution in [1.82, 2.24) is 9.62 Å². The number of rotatable bonds is 3. The van der Waals surface area contributed by atoms with Crippen LogP contribution in [0.1, 0.15) is 18.4 Å². The Morgan fingerprint density at radius 1 is 1.07 bits per heavy atom. The Labute approximate surface area is 175 Å². The summed E-state index contributed by atoms with van der Waals surface area (Å²) in [6, 6.07) is 12.5. The first-order valence-corrected chi connectivity index (χ1v) is 11.5. The molecule has 1 saturated heterocycles. The molecule has 2 N–H and O–H groups in total. The van der Waals surface area contributed by atoms with Gasteiger partial charge in [0.1, 0.15) is 4.90 Å². The lowest BCUT2D eigenvalue weighted by Gasteiger charge is -2.39. The SMILES string of the molecule is O=C(Cc1ccc2c(c1)OCO2)N1CCC([C@H]2Nc3ccccc3S(=O)(=O)N2)CC1. The van der Waals surface area contributed by atoms with Gasteiger partial charge in [0.15, 0.2) is 11.5 Å². The van der Waals surface area contributed by atoms with Gasteiger partial charge in [0.25, 0.3) is 0 Å². The second-order valence-electron chi connectivity index (χ2n) is 7.82. The lowest BCUT2D eigenvalue weighted by Crippen LogP contribution is -2.52. The number of carbonyl (C=O) groups is 1. The van der Waals surface area contributed by atoms with Crippen LogP contribution in [-0.4, -0.2) is 45.3 Å². The topological polar surface area (TPSA) is 97.0 Å². The van der Waals surface area contributed by atoms with Crippen LogP contribution in [0, 0.1) is 5.92 Å². The van der Waals surface area contributed by atoms with E-state index in [0.717, 1.165) is 18.4 Å². The molecule has 0 saturated carbocycles. The quantitative estimate of drug-likeness (QED) is 0.774. The Hall–Kier alpha value is -2.78. The van der Waals surface area contributed by atoms with Crippen molar-refractivity contribution < 1.29 is 22.7 Å². The molecule has 3 heterocycles. The van der Waals surface area contributed by atoms with Crippen molar-refractivity contribution in [2.45, 2.75) is 30.3 Å². The highest BCUT2D eigenvalue weighted by molar-refractivity contribution is 7.89. The Balaban J connectivity index is 1.20. The normalized spacial score (nSPS) is 22.3. The molecular weight excluding hydrogens is 406 g/mol. The number of benzene rings is 2. The van der Waals surface area contributed by atoms with Crippen LogP contribution in [0.15, 0.2) is 47.4 Å². The largest absolute Gasteiger partial charge is 0.454 e. The summed E-state index contributed by atoms with van der Waals surface area (Å²) in [7, 11) is -3.53. The van der Waals surface area contributed by atoms with Gasteiger partial charge in [-0.05, 0) is 48.6 Å². The fourth-order valence-electron chi connectivity index (χ4n) is 4.28. The number of hydrogen-bond acceptors (Lipinski definition) is 6. The Morgan fingerprint density at radius 3 is 2.67 bits per heavy atom. The molecule has 1 amide bonds. The minimum Gasteiger partial charge on any atom is -0.454 e. The molecule has 0 radical (unpaired) electrons. The molecule has 0 aromatic heterocycles. The number of hydrogen-bond donors (Lipinski definition) is 2. The zero-order chi connectivity index (χ0) is 20.7. The summed E-state index contributed by atoms with van der Waals surface area (Å²) in [6.45, 7) is 1.43. The summed E-state index contributed by atoms with van der Waals surface area (Å²) >= 11 is 0. The van der Waals surface area contributed by atoms with Crippen LogP contribution in [0.3, 0.4) is 0 Å². The zero-order valence-corrected chi connectivity index (χ0v) is 17.2. The summed E-state index contributed by atoms with van der Waals surface area (Å²) in [5, 5.41) is 3.31. The number of ether oxygens (including phenoxy) is 2. The summed E-state index contributed by atoms with van der Waals surface area (Å²) in [5.74, 6) is 1.56. The maximum atomic E-state index is 12.7. The molecule has 5 rings (SSSR count). The van der Waals surface area contributed by atoms with Gasteiger partial charge >= 0.3 is 0 Å². The van der Waals surface area contributed by atoms with Gasteiger partial charge in [-0.3, -0.25) is 4.79 Å². The average Bonchev–Trinajstić information content (AvgIpc) is 3.21. The Bertz CT molecular complexity index is 1080. The molecule has 3 aliphatic rings. The van der Waals surface area contributed by atoms with Crippen molar-refractivity contribution in [2.24, 2.45) is 5.92 Å². The van der Waals surface area contributed by atoms with Crippen LogP contribution in [-0.2, 0) is 21.2 Å². The number of anilines is 1. The lowest BCUT2D eigenvalue weighted by molar-refractivity contribution is -0.131. The Kier molecular flexibility index (Phi) is 4.79. The molecule has 0 unspecified atom stereocenters. The number of fused-ring (bicyclic) bond motifs is 2. The lowest BCUT2D eigenvalue weighted by atomic mass is 9.93. The van der Waals surface area contributed by atoms with Gasteiger partial charge in [0.2, 0.25) is 22.7 Å². The molecule has 1 atom stereocenters. The summed E-state index contributed by atoms with van der Waals surface area (Å²) < 4.78 is 38.5. The number of piperidine rings is 1. The third-order valence-electron chi connectivity index (χ3n) is 5.93. The van der Waals surface area contributed by atoms with Crippen LogP contribution in [0.25, 0.3) is 0 Å². The molecule has 0 aliphatic carbocycles. The van der Waals surface area contributed by atoms with Crippen LogP contribution >= 0.6 is 0 Å². The van der Waals surface area contributed by atoms with E-state index in [2.05, 4.69) is 10.0 Å². The van der Waals surface area contributed by atoms with Crippen molar-refractivity contribution in [2.75, 3.05) is 25.2 Å². The van der Waals surface area contributed by atoms with Crippen molar-refractivity contribution in [3.63, 3.8) is 0 Å². The van der Waals surface area contributed by atoms with Gasteiger partial charge in [-0.2, -0.15) is 4.72 Å². The van der Waals surface area contributed by atoms with Crippen molar-refractivity contribution in [3.05, 3.63) is 48.0 Å². The third-order valence-corrected chi connectivity index (χ3v) is 7.43. The van der Waals surface area contributed by atoms with E-state index in [-0.39, 0.29) is 29.7 Å². The van der Waals surface area contributed by atoms with Crippen LogP contribution in [0.4, 0.5) is 5.69 Å². The van der Waals surface area contributed by atoms with E-state index in [1.165, 1.54) is 0 Å². The van der Waals surface area contributed by atoms with E-state index >= 15 is 0 Å². The molecule has 3 aliphatic heterocycles. The summed E-state index contributed by atoms with van der Waals surface area (Å²) in [6.07, 6.45) is 1.41. The van der Waals surface area contributed by atoms with E-state index in [4.69, 9.17) is 9.47 Å². The second-order valence-corrected chi connectivity index (χ2v) is 9.50. The van der Waals surface area contributed by atoms with Gasteiger partial charge in [0, 0.05) is 13.1 Å². The number of para-hydroxylation sites is 1. The number of nitrogens with one attached hydrogen (secondary N) is 2. The predicted molar refractivity (Wildman–Crippen MR) is 110 cm³/mol. The molecule has 2 aromatic carbocycles. The maximum absolute atomic E-state index is 12.7. The highest BCUT2D eigenvalue weighted by atomic mass is 32.2. The van der Waals surface area contributed by atoms with Crippen LogP contribution in [0.2, 0.25) is 0 Å². The fourth-order valence-corrected chi connectivity index (χ4v) is 5.67. The number of carbonyl (C=O) groups excluding carboxylic acids is 1. The number of nitrogens with zero attached hydrogens (tertiary/aromatic N) is 1. The monoisotopic (exact) mass is 429 g/mol. The van der Waals surface area contributed by atoms with E-state index in [9.17, 15) is 13.2 Å². The van der Waals surface area contributed by atoms with E-state index < -0.39 is 10.0 Å². The molecule has 158 valence electrons. The number of likely N-dealkylation sites (tertiary alicyclic amines) is 1. The molecule has 0 bridgehead atoms. The van der Waals surface area contributed by atoms with Gasteiger partial charge < -0.3 is 19.7 Å². The second kappa shape index (κ2) is 7.48. The highest BCUT2D eigenvalue weighted by Crippen LogP contribution is 2.33. The molecule has 30 heavy (non-hydrogen) atoms. The smallest absolute Gasteiger partial charge is 0.244 e. The molecule has 9 heteroatoms. The van der Waals surface area contributed by atoms with Crippen LogP contribution in [0.5, 0.6) is 11.5 Å². The van der Waals surface area contributed by atoms with Crippen molar-refractivity contribution in [1.29, 1.82) is 0 Å². The molecule has 1 fully saturated rings. The minimum atomic E-state index is -3.53. The van der Waals surface area contributed by atoms with Crippen molar-refractivity contribution in [3.8, 4) is 11.5 Å². The van der Waals surface area contributed by atoms with E-state index in [1.807, 2.05) is 29.2 Å². The Morgan fingerprint density at radius 2 is 1.83 bits per heavy atom. The number of amides is 1. The first-order valence-electron chi connectivity index (χ1n) is 10.0. The fraction of sp³-hybridized carbons (Fsp3) is 0.381. The standard InChI is InChI=1S/C21H23N3O5S/c25-20(12-14-5-6-17-18(11-14)29-13-28-17)24-9-7-15(8-10-24)21-22-16-3-1-2-4-19(16)30(26,27)23-21/h1-6,11,15,21-23H,7-10,12-13H2/t21-/m0/s1. The minimum absolute atomic E-state index is 0.0647. The predicted octanol–water partition coefficient (Wildman–Crippen LogP) is 1.93. The molecular formula is C21H23N3O5S. The van der Waals surface area contributed by atoms with Gasteiger partial charge in [0.05, 0.1) is 18.3 Å². The van der Waals surface area contributed by atoms with Crippen LogP contribution < -0.4 is 19.5 Å². The first-order chi connectivity index (χ1) is 14.5. The third kappa shape index (κ3) is 3.59. The summed E-state index contributed by atoms with van der Waals surface area (Å²) in [4.78, 5) is 14.9. The first kappa shape index (κ1) is 19.2. The van der Waals surface area contributed by atoms with Crippen molar-refractivity contribution >= 4 is 21.6 Å². The molecule has 8 nitrogen and oxygen atoms in total. The van der Waals surface area contributed by atoms with E-state index in [1.54, 1.807) is 18.2 Å². The highest BCUT2D eigenvalue weighted by Gasteiger charge is 2.35. The zero-order valence-electron chi connectivity index (χ0n) is 16.3. The van der Waals surface area contributed by atoms with Gasteiger partial charge in [-0.15, -0.1) is 0 Å². The maximum Gasteiger partial charge on any atom is 0.244 e. The van der Waals surface area contributed by atoms with E-state index in [0.29, 0.717) is 36.7 Å².